The van der Waals surface area contributed by atoms with E-state index in [1.807, 2.05) is 6.92 Å². The summed E-state index contributed by atoms with van der Waals surface area (Å²) < 4.78 is 0. The van der Waals surface area contributed by atoms with Gasteiger partial charge in [0.1, 0.15) is 5.82 Å². The molecule has 3 aromatic rings. The third-order valence-corrected chi connectivity index (χ3v) is 3.87. The summed E-state index contributed by atoms with van der Waals surface area (Å²) in [5.74, 6) is 0.512. The van der Waals surface area contributed by atoms with Crippen LogP contribution in [0.3, 0.4) is 0 Å². The van der Waals surface area contributed by atoms with Crippen LogP contribution in [0.5, 0.6) is 0 Å². The fourth-order valence-electron chi connectivity index (χ4n) is 2.11. The predicted octanol–water partition coefficient (Wildman–Crippen LogP) is 4.48. The van der Waals surface area contributed by atoms with E-state index in [2.05, 4.69) is 25.6 Å². The van der Waals surface area contributed by atoms with Crippen LogP contribution in [-0.4, -0.2) is 20.9 Å². The second-order valence-electron chi connectivity index (χ2n) is 5.13. The Hall–Kier alpha value is -2.70. The fourth-order valence-corrected chi connectivity index (χ4v) is 2.68. The van der Waals surface area contributed by atoms with Crippen molar-refractivity contribution >= 4 is 46.6 Å². The van der Waals surface area contributed by atoms with E-state index in [0.717, 1.165) is 5.69 Å². The summed E-state index contributed by atoms with van der Waals surface area (Å²) in [6, 6.07) is 10.0. The number of pyridine rings is 1. The quantitative estimate of drug-likeness (QED) is 0.704. The molecule has 3 rings (SSSR count). The molecule has 2 aromatic heterocycles. The van der Waals surface area contributed by atoms with Gasteiger partial charge in [-0.3, -0.25) is 4.79 Å². The second kappa shape index (κ2) is 7.46. The van der Waals surface area contributed by atoms with Crippen LogP contribution in [0.2, 0.25) is 10.0 Å². The Labute approximate surface area is 154 Å². The van der Waals surface area contributed by atoms with Crippen LogP contribution in [-0.2, 0) is 0 Å². The van der Waals surface area contributed by atoms with Crippen LogP contribution in [0.15, 0.2) is 48.8 Å². The van der Waals surface area contributed by atoms with E-state index in [-0.39, 0.29) is 15.6 Å². The largest absolute Gasteiger partial charge is 0.322 e. The molecule has 0 unspecified atom stereocenters. The molecular formula is C17H13Cl2N5O. The molecule has 6 nitrogen and oxygen atoms in total. The zero-order valence-corrected chi connectivity index (χ0v) is 14.6. The van der Waals surface area contributed by atoms with Crippen LogP contribution in [0.4, 0.5) is 17.5 Å². The van der Waals surface area contributed by atoms with Gasteiger partial charge in [-0.1, -0.05) is 29.3 Å². The van der Waals surface area contributed by atoms with Gasteiger partial charge in [0.2, 0.25) is 5.95 Å². The van der Waals surface area contributed by atoms with Gasteiger partial charge in [0.25, 0.3) is 5.91 Å². The van der Waals surface area contributed by atoms with Crippen molar-refractivity contribution in [1.82, 2.24) is 15.0 Å². The lowest BCUT2D eigenvalue weighted by atomic mass is 10.2. The Balaban J connectivity index is 1.79. The van der Waals surface area contributed by atoms with Crippen LogP contribution in [0, 0.1) is 6.92 Å². The van der Waals surface area contributed by atoms with Crippen LogP contribution < -0.4 is 10.6 Å². The highest BCUT2D eigenvalue weighted by molar-refractivity contribution is 6.40. The number of aromatic nitrogens is 3. The number of anilines is 3. The Bertz CT molecular complexity index is 912. The first-order valence-electron chi connectivity index (χ1n) is 7.31. The predicted molar refractivity (Wildman–Crippen MR) is 98.7 cm³/mol. The number of aryl methyl sites for hydroxylation is 1. The first-order valence-corrected chi connectivity index (χ1v) is 8.06. The number of nitrogens with one attached hydrogen (secondary N) is 2. The smallest absolute Gasteiger partial charge is 0.258 e. The fraction of sp³-hybridized carbons (Fsp3) is 0.0588. The van der Waals surface area contributed by atoms with Gasteiger partial charge in [0, 0.05) is 29.8 Å². The van der Waals surface area contributed by atoms with E-state index in [0.29, 0.717) is 17.5 Å². The molecule has 1 amide bonds. The van der Waals surface area contributed by atoms with E-state index >= 15 is 0 Å². The van der Waals surface area contributed by atoms with Gasteiger partial charge < -0.3 is 10.6 Å². The molecule has 2 heterocycles. The molecule has 126 valence electrons. The molecule has 0 atom stereocenters. The average Bonchev–Trinajstić information content (AvgIpc) is 2.55. The molecule has 0 radical (unpaired) electrons. The maximum atomic E-state index is 12.4. The van der Waals surface area contributed by atoms with Crippen molar-refractivity contribution in [2.75, 3.05) is 10.6 Å². The first kappa shape index (κ1) is 17.1. The summed E-state index contributed by atoms with van der Waals surface area (Å²) in [7, 11) is 0. The summed E-state index contributed by atoms with van der Waals surface area (Å²) in [5, 5.41) is 6.30. The minimum atomic E-state index is -0.403. The van der Waals surface area contributed by atoms with Crippen molar-refractivity contribution in [2.45, 2.75) is 6.92 Å². The van der Waals surface area contributed by atoms with Gasteiger partial charge in [-0.05, 0) is 31.2 Å². The second-order valence-corrected chi connectivity index (χ2v) is 5.94. The normalized spacial score (nSPS) is 10.4. The minimum absolute atomic E-state index is 0.221. The van der Waals surface area contributed by atoms with Crippen molar-refractivity contribution in [2.24, 2.45) is 0 Å². The minimum Gasteiger partial charge on any atom is -0.322 e. The number of amides is 1. The topological polar surface area (TPSA) is 79.8 Å². The molecule has 1 aromatic carbocycles. The number of rotatable bonds is 4. The lowest BCUT2D eigenvalue weighted by Gasteiger charge is -2.10. The van der Waals surface area contributed by atoms with Crippen LogP contribution in [0.1, 0.15) is 16.1 Å². The lowest BCUT2D eigenvalue weighted by Crippen LogP contribution is -2.13. The van der Waals surface area contributed by atoms with Crippen molar-refractivity contribution in [3.05, 3.63) is 70.1 Å². The summed E-state index contributed by atoms with van der Waals surface area (Å²) in [6.07, 6.45) is 3.21. The molecule has 0 spiro atoms. The Morgan fingerprint density at radius 1 is 1.04 bits per heavy atom. The van der Waals surface area contributed by atoms with Gasteiger partial charge in [0.05, 0.1) is 15.6 Å². The molecule has 8 heteroatoms. The number of halogens is 2. The van der Waals surface area contributed by atoms with Crippen molar-refractivity contribution in [3.63, 3.8) is 0 Å². The van der Waals surface area contributed by atoms with Crippen LogP contribution >= 0.6 is 23.2 Å². The van der Waals surface area contributed by atoms with Gasteiger partial charge in [-0.2, -0.15) is 0 Å². The van der Waals surface area contributed by atoms with Gasteiger partial charge in [0.15, 0.2) is 0 Å². The molecule has 0 saturated carbocycles. The number of nitrogens with zero attached hydrogens (tertiary/aromatic N) is 3. The maximum Gasteiger partial charge on any atom is 0.258 e. The van der Waals surface area contributed by atoms with Gasteiger partial charge >= 0.3 is 0 Å². The molecular weight excluding hydrogens is 361 g/mol. The SMILES string of the molecule is Cc1ccnc(Nc2cc(NC(=O)c3c(Cl)cccc3Cl)ccn2)n1. The van der Waals surface area contributed by atoms with Crippen LogP contribution in [0.25, 0.3) is 0 Å². The van der Waals surface area contributed by atoms with E-state index in [9.17, 15) is 4.79 Å². The van der Waals surface area contributed by atoms with Gasteiger partial charge in [-0.15, -0.1) is 0 Å². The standard InChI is InChI=1S/C17H13Cl2N5O/c1-10-5-7-21-17(22-10)24-14-9-11(6-8-20-14)23-16(25)15-12(18)3-2-4-13(15)19/h2-9H,1H3,(H2,20,21,22,23,24,25). The third kappa shape index (κ3) is 4.23. The molecule has 0 saturated heterocycles. The van der Waals surface area contributed by atoms with E-state index in [1.54, 1.807) is 48.8 Å². The highest BCUT2D eigenvalue weighted by atomic mass is 35.5. The number of benzene rings is 1. The number of hydrogen-bond acceptors (Lipinski definition) is 5. The highest BCUT2D eigenvalue weighted by Gasteiger charge is 2.15. The maximum absolute atomic E-state index is 12.4. The number of hydrogen-bond donors (Lipinski definition) is 2. The van der Waals surface area contributed by atoms with Gasteiger partial charge in [-0.25, -0.2) is 15.0 Å². The molecule has 0 bridgehead atoms. The Kier molecular flexibility index (Phi) is 5.11. The lowest BCUT2D eigenvalue weighted by molar-refractivity contribution is 0.102. The zero-order chi connectivity index (χ0) is 17.8. The average molecular weight is 374 g/mol. The monoisotopic (exact) mass is 373 g/mol. The molecule has 0 fully saturated rings. The summed E-state index contributed by atoms with van der Waals surface area (Å²) in [6.45, 7) is 1.87. The third-order valence-electron chi connectivity index (χ3n) is 3.24. The van der Waals surface area contributed by atoms with E-state index < -0.39 is 5.91 Å². The van der Waals surface area contributed by atoms with Crippen molar-refractivity contribution in [3.8, 4) is 0 Å². The summed E-state index contributed by atoms with van der Waals surface area (Å²) in [5.41, 5.74) is 1.58. The van der Waals surface area contributed by atoms with E-state index in [1.165, 1.54) is 0 Å². The summed E-state index contributed by atoms with van der Waals surface area (Å²) >= 11 is 12.1. The van der Waals surface area contributed by atoms with Crippen molar-refractivity contribution < 1.29 is 4.79 Å². The zero-order valence-electron chi connectivity index (χ0n) is 13.1. The molecule has 0 aliphatic carbocycles. The number of carbonyl (C=O) groups excluding carboxylic acids is 1. The molecule has 0 aliphatic rings. The van der Waals surface area contributed by atoms with E-state index in [4.69, 9.17) is 23.2 Å². The highest BCUT2D eigenvalue weighted by Crippen LogP contribution is 2.25. The first-order chi connectivity index (χ1) is 12.0. The Morgan fingerprint density at radius 3 is 2.48 bits per heavy atom. The summed E-state index contributed by atoms with van der Waals surface area (Å²) in [4.78, 5) is 25.0. The number of carbonyl (C=O) groups is 1. The van der Waals surface area contributed by atoms with Crippen molar-refractivity contribution in [1.29, 1.82) is 0 Å². The molecule has 25 heavy (non-hydrogen) atoms. The molecule has 2 N–H and O–H groups in total. The Morgan fingerprint density at radius 2 is 1.76 bits per heavy atom. The molecule has 0 aliphatic heterocycles.